The average Bonchev–Trinajstić information content (AvgIpc) is 2.64. The van der Waals surface area contributed by atoms with E-state index in [4.69, 9.17) is 0 Å². The molecule has 4 heteroatoms. The number of carbonyl (C=O) groups is 2. The van der Waals surface area contributed by atoms with Gasteiger partial charge in [-0.3, -0.25) is 9.59 Å². The average molecular weight is 337 g/mol. The van der Waals surface area contributed by atoms with Gasteiger partial charge in [0.2, 0.25) is 0 Å². The second-order valence-electron chi connectivity index (χ2n) is 3.64. The second-order valence-corrected chi connectivity index (χ2v) is 5.70. The number of amides is 2. The third-order valence-corrected chi connectivity index (χ3v) is 4.47. The van der Waals surface area contributed by atoms with Gasteiger partial charge >= 0.3 is 0 Å². The Morgan fingerprint density at radius 2 is 1.65 bits per heavy atom. The first-order valence-corrected chi connectivity index (χ1v) is 7.58. The molecule has 0 N–H and O–H groups in total. The zero-order chi connectivity index (χ0) is 11.8. The highest BCUT2D eigenvalue weighted by Gasteiger charge is 2.36. The van der Waals surface area contributed by atoms with Crippen LogP contribution in [0.5, 0.6) is 0 Å². The molecule has 0 aromatic heterocycles. The highest BCUT2D eigenvalue weighted by molar-refractivity contribution is 14.2. The normalized spacial score (nSPS) is 17.9. The molecule has 17 heavy (non-hydrogen) atoms. The Kier molecular flexibility index (Phi) is 2.51. The van der Waals surface area contributed by atoms with Crippen LogP contribution < -0.4 is 0 Å². The number of allylic oxidation sites excluding steroid dienone is 2. The molecule has 3 nitrogen and oxygen atoms in total. The Morgan fingerprint density at radius 1 is 1.00 bits per heavy atom. The van der Waals surface area contributed by atoms with Gasteiger partial charge in [-0.15, -0.1) is 0 Å². The molecular formula is C13H8INO2. The van der Waals surface area contributed by atoms with Gasteiger partial charge in [0.25, 0.3) is 11.8 Å². The first kappa shape index (κ1) is 10.6. The van der Waals surface area contributed by atoms with Crippen LogP contribution in [0.15, 0.2) is 46.2 Å². The minimum atomic E-state index is -0.215. The molecule has 0 spiro atoms. The van der Waals surface area contributed by atoms with Crippen molar-refractivity contribution in [1.29, 1.82) is 0 Å². The smallest absolute Gasteiger partial charge is 0.266 e. The molecule has 3 rings (SSSR count). The van der Waals surface area contributed by atoms with Crippen LogP contribution in [0.4, 0.5) is 0 Å². The Hall–Kier alpha value is -1.56. The van der Waals surface area contributed by atoms with Crippen molar-refractivity contribution in [2.45, 2.75) is 0 Å². The molecule has 0 bridgehead atoms. The van der Waals surface area contributed by atoms with Gasteiger partial charge < -0.3 is 0 Å². The number of imide groups is 1. The number of hydrogen-bond acceptors (Lipinski definition) is 2. The molecule has 0 saturated carbocycles. The minimum Gasteiger partial charge on any atom is -0.268 e. The van der Waals surface area contributed by atoms with E-state index < -0.39 is 0 Å². The van der Waals surface area contributed by atoms with Crippen molar-refractivity contribution in [2.24, 2.45) is 0 Å². The maximum absolute atomic E-state index is 12.1. The van der Waals surface area contributed by atoms with E-state index in [0.29, 0.717) is 16.8 Å². The summed E-state index contributed by atoms with van der Waals surface area (Å²) in [6.07, 6.45) is 3.72. The number of nitrogens with zero attached hydrogens (tertiary/aromatic N) is 1. The van der Waals surface area contributed by atoms with E-state index >= 15 is 0 Å². The van der Waals surface area contributed by atoms with Gasteiger partial charge in [-0.25, -0.2) is 4.90 Å². The van der Waals surface area contributed by atoms with Crippen LogP contribution in [-0.2, 0) is 0 Å². The van der Waals surface area contributed by atoms with Crippen molar-refractivity contribution in [2.75, 3.05) is 0 Å². The van der Waals surface area contributed by atoms with Gasteiger partial charge in [0.05, 0.1) is 16.8 Å². The lowest BCUT2D eigenvalue weighted by molar-refractivity contribution is 0.0710. The second kappa shape index (κ2) is 4.03. The van der Waals surface area contributed by atoms with E-state index in [0.717, 1.165) is 0 Å². The first-order valence-electron chi connectivity index (χ1n) is 5.09. The van der Waals surface area contributed by atoms with E-state index in [-0.39, 0.29) is 32.5 Å². The van der Waals surface area contributed by atoms with Crippen molar-refractivity contribution in [3.63, 3.8) is 0 Å². The molecular weight excluding hydrogens is 329 g/mol. The predicted molar refractivity (Wildman–Crippen MR) is 74.2 cm³/mol. The zero-order valence-corrected chi connectivity index (χ0v) is 10.9. The SMILES string of the molecule is O=C1c2ccccc2C(=O)N1C1=CI=CC=C1. The third kappa shape index (κ3) is 1.59. The quantitative estimate of drug-likeness (QED) is 0.583. The van der Waals surface area contributed by atoms with Gasteiger partial charge in [0.15, 0.2) is 0 Å². The summed E-state index contributed by atoms with van der Waals surface area (Å²) in [5, 5.41) is 0. The number of fused-ring (bicyclic) bond motifs is 1. The lowest BCUT2D eigenvalue weighted by atomic mass is 10.1. The Morgan fingerprint density at radius 3 is 2.18 bits per heavy atom. The maximum atomic E-state index is 12.1. The van der Waals surface area contributed by atoms with Crippen molar-refractivity contribution in [3.05, 3.63) is 57.3 Å². The molecule has 0 fully saturated rings. The molecule has 0 unspecified atom stereocenters. The van der Waals surface area contributed by atoms with E-state index in [1.165, 1.54) is 4.90 Å². The third-order valence-electron chi connectivity index (χ3n) is 2.64. The summed E-state index contributed by atoms with van der Waals surface area (Å²) < 4.78 is 4.07. The lowest BCUT2D eigenvalue weighted by Gasteiger charge is -2.15. The summed E-state index contributed by atoms with van der Waals surface area (Å²) in [6, 6.07) is 6.95. The number of hydrogen-bond donors (Lipinski definition) is 0. The Bertz CT molecular complexity index is 579. The summed E-state index contributed by atoms with van der Waals surface area (Å²) in [5.74, 6) is -0.431. The van der Waals surface area contributed by atoms with Crippen LogP contribution in [0.3, 0.4) is 0 Å². The molecule has 1 aromatic rings. The Balaban J connectivity index is 2.10. The summed E-state index contributed by atoms with van der Waals surface area (Å²) >= 11 is -0.179. The molecule has 0 atom stereocenters. The zero-order valence-electron chi connectivity index (χ0n) is 8.76. The fraction of sp³-hybridized carbons (Fsp3) is 0. The van der Waals surface area contributed by atoms with Gasteiger partial charge in [0, 0.05) is 0 Å². The van der Waals surface area contributed by atoms with Crippen molar-refractivity contribution >= 4 is 36.6 Å². The van der Waals surface area contributed by atoms with Crippen molar-refractivity contribution in [3.8, 4) is 0 Å². The molecule has 1 aromatic carbocycles. The van der Waals surface area contributed by atoms with Crippen LogP contribution in [0.2, 0.25) is 0 Å². The monoisotopic (exact) mass is 337 g/mol. The van der Waals surface area contributed by atoms with Crippen molar-refractivity contribution in [1.82, 2.24) is 4.90 Å². The fourth-order valence-corrected chi connectivity index (χ4v) is 3.37. The molecule has 2 aliphatic rings. The summed E-state index contributed by atoms with van der Waals surface area (Å²) in [7, 11) is 0. The Labute approximate surface area is 108 Å². The number of benzene rings is 1. The van der Waals surface area contributed by atoms with Crippen LogP contribution in [0, 0.1) is 0 Å². The molecule has 2 aliphatic heterocycles. The van der Waals surface area contributed by atoms with Crippen LogP contribution in [-0.4, -0.2) is 20.7 Å². The van der Waals surface area contributed by atoms with Crippen LogP contribution >= 0.6 is 20.7 Å². The van der Waals surface area contributed by atoms with Crippen LogP contribution in [0.25, 0.3) is 0 Å². The summed E-state index contributed by atoms with van der Waals surface area (Å²) in [6.45, 7) is 0. The standard InChI is InChI=1S/C13H8INO2/c16-12-10-5-1-2-6-11(10)13(17)15(12)9-4-3-7-14-8-9/h1-8H. The topological polar surface area (TPSA) is 37.4 Å². The minimum absolute atomic E-state index is 0.179. The number of halogens is 1. The number of rotatable bonds is 1. The molecule has 0 saturated heterocycles. The van der Waals surface area contributed by atoms with Gasteiger partial charge in [-0.1, -0.05) is 38.9 Å². The highest BCUT2D eigenvalue weighted by Crippen LogP contribution is 2.28. The summed E-state index contributed by atoms with van der Waals surface area (Å²) in [5.41, 5.74) is 1.71. The van der Waals surface area contributed by atoms with E-state index in [9.17, 15) is 9.59 Å². The van der Waals surface area contributed by atoms with Gasteiger partial charge in [-0.2, -0.15) is 0 Å². The largest absolute Gasteiger partial charge is 0.268 e. The first-order chi connectivity index (χ1) is 8.29. The lowest BCUT2D eigenvalue weighted by Crippen LogP contribution is -2.28. The molecule has 0 radical (unpaired) electrons. The predicted octanol–water partition coefficient (Wildman–Crippen LogP) is 2.47. The fourth-order valence-electron chi connectivity index (χ4n) is 1.86. The molecule has 84 valence electrons. The summed E-state index contributed by atoms with van der Waals surface area (Å²) in [4.78, 5) is 25.5. The van der Waals surface area contributed by atoms with E-state index in [1.807, 2.05) is 16.2 Å². The highest BCUT2D eigenvalue weighted by atomic mass is 127. The molecule has 2 amide bonds. The molecule has 0 aliphatic carbocycles. The number of carbonyl (C=O) groups excluding carboxylic acids is 2. The maximum Gasteiger partial charge on any atom is 0.266 e. The van der Waals surface area contributed by atoms with E-state index in [1.54, 1.807) is 24.3 Å². The van der Waals surface area contributed by atoms with E-state index in [2.05, 4.69) is 4.01 Å². The van der Waals surface area contributed by atoms with Gasteiger partial charge in [0.1, 0.15) is 0 Å². The molecule has 2 heterocycles. The van der Waals surface area contributed by atoms with Crippen molar-refractivity contribution < 1.29 is 9.59 Å². The van der Waals surface area contributed by atoms with Gasteiger partial charge in [-0.05, 0) is 26.3 Å². The van der Waals surface area contributed by atoms with Crippen LogP contribution in [0.1, 0.15) is 20.7 Å².